The molecule has 1 aliphatic carbocycles. The zero-order chi connectivity index (χ0) is 22.4. The quantitative estimate of drug-likeness (QED) is 0.453. The van der Waals surface area contributed by atoms with Crippen molar-refractivity contribution in [1.29, 1.82) is 0 Å². The standard InChI is InChI=1S/C23H38N4O4/c1-3-4-5-6-13-24-20(29)18-8-7-14-26(15-18)19(28)16-27-21(30)23(25-22(27)31)11-9-17(2)10-12-23/h17-18H,3-16H2,1-2H3,(H,24,29)(H,25,31). The molecule has 0 aromatic rings. The molecule has 2 heterocycles. The lowest BCUT2D eigenvalue weighted by Crippen LogP contribution is -2.51. The highest BCUT2D eigenvalue weighted by Crippen LogP contribution is 2.36. The minimum atomic E-state index is -0.827. The van der Waals surface area contributed by atoms with Crippen LogP contribution in [0.25, 0.3) is 0 Å². The van der Waals surface area contributed by atoms with E-state index in [0.717, 1.165) is 49.8 Å². The van der Waals surface area contributed by atoms with Gasteiger partial charge in [-0.1, -0.05) is 33.1 Å². The number of hydrogen-bond donors (Lipinski definition) is 2. The van der Waals surface area contributed by atoms with Gasteiger partial charge >= 0.3 is 6.03 Å². The van der Waals surface area contributed by atoms with Crippen LogP contribution in [0.5, 0.6) is 0 Å². The Kier molecular flexibility index (Phi) is 7.94. The average Bonchev–Trinajstić information content (AvgIpc) is 2.99. The minimum Gasteiger partial charge on any atom is -0.356 e. The van der Waals surface area contributed by atoms with Gasteiger partial charge in [0.25, 0.3) is 5.91 Å². The summed E-state index contributed by atoms with van der Waals surface area (Å²) in [6, 6.07) is -0.466. The molecular formula is C23H38N4O4. The van der Waals surface area contributed by atoms with Crippen molar-refractivity contribution in [2.45, 2.75) is 83.6 Å². The molecule has 0 bridgehead atoms. The van der Waals surface area contributed by atoms with E-state index in [4.69, 9.17) is 0 Å². The minimum absolute atomic E-state index is 0.000677. The van der Waals surface area contributed by atoms with Crippen LogP contribution in [-0.4, -0.2) is 65.3 Å². The molecule has 5 amide bonds. The monoisotopic (exact) mass is 434 g/mol. The Morgan fingerprint density at radius 3 is 2.58 bits per heavy atom. The normalized spacial score (nSPS) is 28.7. The molecule has 1 atom stereocenters. The van der Waals surface area contributed by atoms with E-state index in [1.54, 1.807) is 4.90 Å². The summed E-state index contributed by atoms with van der Waals surface area (Å²) < 4.78 is 0. The van der Waals surface area contributed by atoms with Crippen LogP contribution < -0.4 is 10.6 Å². The Bertz CT molecular complexity index is 687. The largest absolute Gasteiger partial charge is 0.356 e. The van der Waals surface area contributed by atoms with E-state index >= 15 is 0 Å². The van der Waals surface area contributed by atoms with Gasteiger partial charge in [-0.2, -0.15) is 0 Å². The summed E-state index contributed by atoms with van der Waals surface area (Å²) in [4.78, 5) is 53.6. The number of unbranched alkanes of at least 4 members (excludes halogenated alkanes) is 3. The maximum Gasteiger partial charge on any atom is 0.325 e. The molecule has 3 rings (SSSR count). The summed E-state index contributed by atoms with van der Waals surface area (Å²) >= 11 is 0. The molecule has 3 aliphatic rings. The van der Waals surface area contributed by atoms with Gasteiger partial charge in [0.2, 0.25) is 11.8 Å². The number of rotatable bonds is 8. The summed E-state index contributed by atoms with van der Waals surface area (Å²) in [5, 5.41) is 5.86. The number of amides is 5. The maximum absolute atomic E-state index is 13.0. The van der Waals surface area contributed by atoms with Gasteiger partial charge in [0, 0.05) is 19.6 Å². The topological polar surface area (TPSA) is 98.8 Å². The summed E-state index contributed by atoms with van der Waals surface area (Å²) in [6.07, 6.45) is 8.98. The fourth-order valence-electron chi connectivity index (χ4n) is 4.97. The van der Waals surface area contributed by atoms with Crippen molar-refractivity contribution in [3.05, 3.63) is 0 Å². The molecule has 2 aliphatic heterocycles. The smallest absolute Gasteiger partial charge is 0.325 e. The molecular weight excluding hydrogens is 396 g/mol. The van der Waals surface area contributed by atoms with E-state index in [1.807, 2.05) is 0 Å². The first kappa shape index (κ1) is 23.5. The van der Waals surface area contributed by atoms with Crippen molar-refractivity contribution in [2.24, 2.45) is 11.8 Å². The molecule has 31 heavy (non-hydrogen) atoms. The first-order valence-electron chi connectivity index (χ1n) is 12.1. The van der Waals surface area contributed by atoms with Crippen molar-refractivity contribution in [2.75, 3.05) is 26.2 Å². The first-order chi connectivity index (χ1) is 14.9. The Hall–Kier alpha value is -2.12. The van der Waals surface area contributed by atoms with E-state index in [9.17, 15) is 19.2 Å². The molecule has 1 saturated carbocycles. The van der Waals surface area contributed by atoms with Crippen LogP contribution in [0.2, 0.25) is 0 Å². The van der Waals surface area contributed by atoms with Crippen LogP contribution in [0, 0.1) is 11.8 Å². The van der Waals surface area contributed by atoms with Crippen LogP contribution in [0.1, 0.15) is 78.1 Å². The molecule has 1 spiro atoms. The van der Waals surface area contributed by atoms with E-state index in [2.05, 4.69) is 24.5 Å². The molecule has 174 valence electrons. The SMILES string of the molecule is CCCCCCNC(=O)C1CCCN(C(=O)CN2C(=O)NC3(CCC(C)CC3)C2=O)C1. The average molecular weight is 435 g/mol. The third kappa shape index (κ3) is 5.57. The molecule has 0 radical (unpaired) electrons. The lowest BCUT2D eigenvalue weighted by Gasteiger charge is -2.34. The number of urea groups is 1. The zero-order valence-corrected chi connectivity index (χ0v) is 19.1. The highest BCUT2D eigenvalue weighted by atomic mass is 16.2. The maximum atomic E-state index is 13.0. The van der Waals surface area contributed by atoms with Gasteiger partial charge in [0.1, 0.15) is 12.1 Å². The lowest BCUT2D eigenvalue weighted by molar-refractivity contribution is -0.141. The van der Waals surface area contributed by atoms with Crippen LogP contribution in [-0.2, 0) is 14.4 Å². The van der Waals surface area contributed by atoms with Crippen LogP contribution >= 0.6 is 0 Å². The van der Waals surface area contributed by atoms with Gasteiger partial charge in [0.15, 0.2) is 0 Å². The zero-order valence-electron chi connectivity index (χ0n) is 19.1. The lowest BCUT2D eigenvalue weighted by atomic mass is 9.77. The van der Waals surface area contributed by atoms with Crippen molar-refractivity contribution in [3.63, 3.8) is 0 Å². The number of carbonyl (C=O) groups is 4. The second-order valence-electron chi connectivity index (χ2n) is 9.62. The second-order valence-corrected chi connectivity index (χ2v) is 9.62. The Balaban J connectivity index is 1.50. The van der Waals surface area contributed by atoms with E-state index in [1.165, 1.54) is 6.42 Å². The number of hydrogen-bond acceptors (Lipinski definition) is 4. The van der Waals surface area contributed by atoms with Crippen molar-refractivity contribution >= 4 is 23.8 Å². The summed E-state index contributed by atoms with van der Waals surface area (Å²) in [7, 11) is 0. The molecule has 2 N–H and O–H groups in total. The molecule has 1 unspecified atom stereocenters. The van der Waals surface area contributed by atoms with Gasteiger partial charge in [-0.25, -0.2) is 4.79 Å². The second kappa shape index (κ2) is 10.5. The number of nitrogens with zero attached hydrogens (tertiary/aromatic N) is 2. The number of piperidine rings is 1. The third-order valence-corrected chi connectivity index (χ3v) is 7.14. The molecule has 0 aromatic carbocycles. The third-order valence-electron chi connectivity index (χ3n) is 7.14. The van der Waals surface area contributed by atoms with Gasteiger partial charge < -0.3 is 15.5 Å². The van der Waals surface area contributed by atoms with Crippen molar-refractivity contribution in [1.82, 2.24) is 20.4 Å². The fourth-order valence-corrected chi connectivity index (χ4v) is 4.97. The number of nitrogens with one attached hydrogen (secondary N) is 2. The summed E-state index contributed by atoms with van der Waals surface area (Å²) in [5.74, 6) is -0.201. The summed E-state index contributed by atoms with van der Waals surface area (Å²) in [5.41, 5.74) is -0.827. The highest BCUT2D eigenvalue weighted by molar-refractivity contribution is 6.09. The first-order valence-corrected chi connectivity index (χ1v) is 12.1. The molecule has 8 nitrogen and oxygen atoms in total. The van der Waals surface area contributed by atoms with Gasteiger partial charge in [-0.3, -0.25) is 19.3 Å². The van der Waals surface area contributed by atoms with Crippen LogP contribution in [0.4, 0.5) is 4.79 Å². The van der Waals surface area contributed by atoms with E-state index in [0.29, 0.717) is 38.4 Å². The molecule has 0 aromatic heterocycles. The fraction of sp³-hybridized carbons (Fsp3) is 0.826. The van der Waals surface area contributed by atoms with Gasteiger partial charge in [-0.05, 0) is 50.9 Å². The predicted molar refractivity (Wildman–Crippen MR) is 117 cm³/mol. The predicted octanol–water partition coefficient (Wildman–Crippen LogP) is 2.42. The molecule has 8 heteroatoms. The van der Waals surface area contributed by atoms with Crippen LogP contribution in [0.3, 0.4) is 0 Å². The van der Waals surface area contributed by atoms with Gasteiger partial charge in [-0.15, -0.1) is 0 Å². The Morgan fingerprint density at radius 1 is 1.13 bits per heavy atom. The van der Waals surface area contributed by atoms with Crippen molar-refractivity contribution < 1.29 is 19.2 Å². The van der Waals surface area contributed by atoms with Gasteiger partial charge in [0.05, 0.1) is 5.92 Å². The number of likely N-dealkylation sites (tertiary alicyclic amines) is 1. The molecule has 3 fully saturated rings. The Morgan fingerprint density at radius 2 is 1.87 bits per heavy atom. The highest BCUT2D eigenvalue weighted by Gasteiger charge is 2.52. The Labute approximate surface area is 185 Å². The van der Waals surface area contributed by atoms with E-state index in [-0.39, 0.29) is 30.2 Å². The summed E-state index contributed by atoms with van der Waals surface area (Å²) in [6.45, 7) is 5.65. The van der Waals surface area contributed by atoms with Crippen molar-refractivity contribution in [3.8, 4) is 0 Å². The number of carbonyl (C=O) groups excluding carboxylic acids is 4. The van der Waals surface area contributed by atoms with Crippen LogP contribution in [0.15, 0.2) is 0 Å². The molecule has 2 saturated heterocycles. The van der Waals surface area contributed by atoms with E-state index < -0.39 is 11.6 Å². The number of imide groups is 1.